The van der Waals surface area contributed by atoms with Gasteiger partial charge in [-0.3, -0.25) is 4.79 Å². The van der Waals surface area contributed by atoms with E-state index in [-0.39, 0.29) is 11.7 Å². The summed E-state index contributed by atoms with van der Waals surface area (Å²) >= 11 is 1.25. The van der Waals surface area contributed by atoms with Crippen LogP contribution in [0.1, 0.15) is 30.9 Å². The number of benzene rings is 2. The minimum absolute atomic E-state index is 0.136. The Morgan fingerprint density at radius 2 is 1.96 bits per heavy atom. The third-order valence-electron chi connectivity index (χ3n) is 4.31. The maximum Gasteiger partial charge on any atom is 0.234 e. The summed E-state index contributed by atoms with van der Waals surface area (Å²) in [6.07, 6.45) is 0. The highest BCUT2D eigenvalue weighted by Gasteiger charge is 2.11. The van der Waals surface area contributed by atoms with Crippen molar-refractivity contribution in [3.8, 4) is 11.8 Å². The maximum absolute atomic E-state index is 12.3. The SMILES string of the molecule is COc1ccc2nc(SCC(=O)Nc3ccc(C(C)C)cc3)c(C#N)cc2c1. The molecule has 1 heterocycles. The van der Waals surface area contributed by atoms with Gasteiger partial charge in [0.2, 0.25) is 5.91 Å². The van der Waals surface area contributed by atoms with Gasteiger partial charge in [0.1, 0.15) is 16.8 Å². The van der Waals surface area contributed by atoms with E-state index >= 15 is 0 Å². The number of aromatic nitrogens is 1. The van der Waals surface area contributed by atoms with Crippen molar-refractivity contribution in [1.29, 1.82) is 5.26 Å². The van der Waals surface area contributed by atoms with Crippen LogP contribution in [-0.4, -0.2) is 23.8 Å². The molecule has 0 aliphatic heterocycles. The largest absolute Gasteiger partial charge is 0.497 e. The zero-order valence-corrected chi connectivity index (χ0v) is 16.8. The molecule has 0 spiro atoms. The number of hydrogen-bond donors (Lipinski definition) is 1. The van der Waals surface area contributed by atoms with E-state index in [0.717, 1.165) is 16.6 Å². The summed E-state index contributed by atoms with van der Waals surface area (Å²) in [6.45, 7) is 4.26. The molecule has 0 atom stereocenters. The molecule has 2 aromatic carbocycles. The van der Waals surface area contributed by atoms with Gasteiger partial charge in [0, 0.05) is 11.1 Å². The third-order valence-corrected chi connectivity index (χ3v) is 5.30. The number of nitrogens with zero attached hydrogens (tertiary/aromatic N) is 2. The lowest BCUT2D eigenvalue weighted by Crippen LogP contribution is -2.14. The molecule has 3 aromatic rings. The first-order chi connectivity index (χ1) is 13.5. The minimum atomic E-state index is -0.136. The summed E-state index contributed by atoms with van der Waals surface area (Å²) in [4.78, 5) is 16.8. The van der Waals surface area contributed by atoms with Crippen LogP contribution in [0.3, 0.4) is 0 Å². The van der Waals surface area contributed by atoms with Crippen LogP contribution in [0.2, 0.25) is 0 Å². The number of ether oxygens (including phenoxy) is 1. The van der Waals surface area contributed by atoms with Crippen molar-refractivity contribution < 1.29 is 9.53 Å². The number of nitriles is 1. The predicted octanol–water partition coefficient (Wildman–Crippen LogP) is 4.97. The molecule has 0 aliphatic carbocycles. The van der Waals surface area contributed by atoms with E-state index in [2.05, 4.69) is 30.2 Å². The maximum atomic E-state index is 12.3. The van der Waals surface area contributed by atoms with Crippen LogP contribution < -0.4 is 10.1 Å². The highest BCUT2D eigenvalue weighted by Crippen LogP contribution is 2.27. The van der Waals surface area contributed by atoms with E-state index < -0.39 is 0 Å². The molecule has 1 N–H and O–H groups in total. The number of methoxy groups -OCH3 is 1. The molecule has 6 heteroatoms. The second kappa shape index (κ2) is 8.77. The van der Waals surface area contributed by atoms with E-state index in [1.165, 1.54) is 17.3 Å². The standard InChI is InChI=1S/C22H21N3O2S/c1-14(2)15-4-6-18(7-5-15)24-21(26)13-28-22-17(12-23)10-16-11-19(27-3)8-9-20(16)25-22/h4-11,14H,13H2,1-3H3,(H,24,26). The van der Waals surface area contributed by atoms with Crippen LogP contribution in [0, 0.1) is 11.3 Å². The molecule has 28 heavy (non-hydrogen) atoms. The lowest BCUT2D eigenvalue weighted by Gasteiger charge is -2.09. The summed E-state index contributed by atoms with van der Waals surface area (Å²) in [6, 6.07) is 17.3. The highest BCUT2D eigenvalue weighted by atomic mass is 32.2. The van der Waals surface area contributed by atoms with Crippen molar-refractivity contribution in [3.63, 3.8) is 0 Å². The Labute approximate surface area is 168 Å². The van der Waals surface area contributed by atoms with Gasteiger partial charge in [-0.15, -0.1) is 0 Å². The van der Waals surface area contributed by atoms with Crippen molar-refractivity contribution in [1.82, 2.24) is 4.98 Å². The zero-order chi connectivity index (χ0) is 20.1. The molecule has 0 saturated heterocycles. The van der Waals surface area contributed by atoms with E-state index in [4.69, 9.17) is 4.74 Å². The summed E-state index contributed by atoms with van der Waals surface area (Å²) < 4.78 is 5.21. The molecule has 5 nitrogen and oxygen atoms in total. The fourth-order valence-electron chi connectivity index (χ4n) is 2.74. The van der Waals surface area contributed by atoms with Crippen LogP contribution in [0.25, 0.3) is 10.9 Å². The van der Waals surface area contributed by atoms with E-state index in [9.17, 15) is 10.1 Å². The molecule has 0 fully saturated rings. The normalized spacial score (nSPS) is 10.7. The first-order valence-corrected chi connectivity index (χ1v) is 9.90. The number of carbonyl (C=O) groups excluding carboxylic acids is 1. The van der Waals surface area contributed by atoms with Crippen molar-refractivity contribution in [3.05, 3.63) is 59.7 Å². The van der Waals surface area contributed by atoms with Crippen molar-refractivity contribution in [2.75, 3.05) is 18.2 Å². The molecule has 0 saturated carbocycles. The molecule has 3 rings (SSSR count). The Morgan fingerprint density at radius 1 is 1.21 bits per heavy atom. The lowest BCUT2D eigenvalue weighted by molar-refractivity contribution is -0.113. The molecule has 0 aliphatic rings. The Hall–Kier alpha value is -3.04. The van der Waals surface area contributed by atoms with Gasteiger partial charge in [0.15, 0.2) is 0 Å². The Bertz CT molecular complexity index is 1040. The zero-order valence-electron chi connectivity index (χ0n) is 16.0. The van der Waals surface area contributed by atoms with Gasteiger partial charge in [0.25, 0.3) is 0 Å². The van der Waals surface area contributed by atoms with Gasteiger partial charge in [-0.1, -0.05) is 37.7 Å². The highest BCUT2D eigenvalue weighted by molar-refractivity contribution is 8.00. The molecule has 142 valence electrons. The first kappa shape index (κ1) is 19.7. The summed E-state index contributed by atoms with van der Waals surface area (Å²) in [5, 5.41) is 13.7. The molecular weight excluding hydrogens is 370 g/mol. The van der Waals surface area contributed by atoms with E-state index in [1.807, 2.05) is 42.5 Å². The van der Waals surface area contributed by atoms with Crippen LogP contribution in [0.5, 0.6) is 5.75 Å². The average Bonchev–Trinajstić information content (AvgIpc) is 2.71. The Balaban J connectivity index is 1.70. The van der Waals surface area contributed by atoms with Gasteiger partial charge < -0.3 is 10.1 Å². The number of hydrogen-bond acceptors (Lipinski definition) is 5. The topological polar surface area (TPSA) is 75.0 Å². The summed E-state index contributed by atoms with van der Waals surface area (Å²) in [7, 11) is 1.60. The third kappa shape index (κ3) is 4.62. The number of thioether (sulfide) groups is 1. The van der Waals surface area contributed by atoms with Gasteiger partial charge in [-0.2, -0.15) is 5.26 Å². The van der Waals surface area contributed by atoms with Crippen molar-refractivity contribution >= 4 is 34.3 Å². The molecular formula is C22H21N3O2S. The summed E-state index contributed by atoms with van der Waals surface area (Å²) in [5.41, 5.74) is 3.18. The van der Waals surface area contributed by atoms with Gasteiger partial charge in [0.05, 0.1) is 23.9 Å². The second-order valence-electron chi connectivity index (χ2n) is 6.63. The monoisotopic (exact) mass is 391 g/mol. The van der Waals surface area contributed by atoms with Crippen molar-refractivity contribution in [2.45, 2.75) is 24.8 Å². The number of nitrogens with one attached hydrogen (secondary N) is 1. The average molecular weight is 391 g/mol. The van der Waals surface area contributed by atoms with Crippen molar-refractivity contribution in [2.24, 2.45) is 0 Å². The lowest BCUT2D eigenvalue weighted by atomic mass is 10.0. The summed E-state index contributed by atoms with van der Waals surface area (Å²) in [5.74, 6) is 1.20. The van der Waals surface area contributed by atoms with Crippen LogP contribution in [-0.2, 0) is 4.79 Å². The Kier molecular flexibility index (Phi) is 6.17. The number of rotatable bonds is 6. The number of anilines is 1. The van der Waals surface area contributed by atoms with Crippen LogP contribution in [0.4, 0.5) is 5.69 Å². The fraction of sp³-hybridized carbons (Fsp3) is 0.227. The molecule has 0 bridgehead atoms. The smallest absolute Gasteiger partial charge is 0.234 e. The first-order valence-electron chi connectivity index (χ1n) is 8.91. The van der Waals surface area contributed by atoms with E-state index in [0.29, 0.717) is 22.3 Å². The predicted molar refractivity (Wildman–Crippen MR) is 113 cm³/mol. The quantitative estimate of drug-likeness (QED) is 0.601. The minimum Gasteiger partial charge on any atom is -0.497 e. The molecule has 0 radical (unpaired) electrons. The molecule has 1 aromatic heterocycles. The van der Waals surface area contributed by atoms with Gasteiger partial charge in [-0.25, -0.2) is 4.98 Å². The molecule has 0 unspecified atom stereocenters. The number of amides is 1. The van der Waals surface area contributed by atoms with Gasteiger partial charge >= 0.3 is 0 Å². The van der Waals surface area contributed by atoms with E-state index in [1.54, 1.807) is 13.2 Å². The number of pyridine rings is 1. The molecule has 1 amide bonds. The number of carbonyl (C=O) groups is 1. The fourth-order valence-corrected chi connectivity index (χ4v) is 3.50. The van der Waals surface area contributed by atoms with Gasteiger partial charge in [-0.05, 0) is 47.9 Å². The second-order valence-corrected chi connectivity index (χ2v) is 7.59. The van der Waals surface area contributed by atoms with Crippen LogP contribution >= 0.6 is 11.8 Å². The Morgan fingerprint density at radius 3 is 2.61 bits per heavy atom. The van der Waals surface area contributed by atoms with Crippen LogP contribution in [0.15, 0.2) is 53.6 Å². The number of fused-ring (bicyclic) bond motifs is 1.